The summed E-state index contributed by atoms with van der Waals surface area (Å²) in [7, 11) is -4.45. The lowest BCUT2D eigenvalue weighted by Gasteiger charge is -2.42. The average molecular weight is 724 g/mol. The van der Waals surface area contributed by atoms with Gasteiger partial charge in [-0.3, -0.25) is 28.7 Å². The van der Waals surface area contributed by atoms with Gasteiger partial charge >= 0.3 is 20.0 Å². The lowest BCUT2D eigenvalue weighted by atomic mass is 9.97. The number of rotatable bonds is 13. The van der Waals surface area contributed by atoms with Gasteiger partial charge in [-0.2, -0.15) is 0 Å². The molecule has 2 saturated heterocycles. The Bertz CT molecular complexity index is 1760. The molecule has 17 heteroatoms. The molecule has 2 fully saturated rings. The lowest BCUT2D eigenvalue weighted by Crippen LogP contribution is -2.51. The van der Waals surface area contributed by atoms with E-state index in [9.17, 15) is 19.2 Å². The van der Waals surface area contributed by atoms with Gasteiger partial charge in [0.25, 0.3) is 11.1 Å². The highest BCUT2D eigenvalue weighted by Gasteiger charge is 2.52. The van der Waals surface area contributed by atoms with Crippen LogP contribution >= 0.6 is 8.60 Å². The molecule has 272 valence electrons. The number of nitrogens with zero attached hydrogens (tertiary/aromatic N) is 3. The molecule has 49 heavy (non-hydrogen) atoms. The van der Waals surface area contributed by atoms with E-state index >= 15 is 0 Å². The Hall–Kier alpha value is -2.74. The van der Waals surface area contributed by atoms with Crippen molar-refractivity contribution in [3.8, 4) is 0 Å². The predicted molar refractivity (Wildman–Crippen MR) is 186 cm³/mol. The zero-order valence-corrected chi connectivity index (χ0v) is 31.9. The average Bonchev–Trinajstić information content (AvgIpc) is 3.60. The van der Waals surface area contributed by atoms with Crippen molar-refractivity contribution in [1.29, 1.82) is 0 Å². The number of aryl methyl sites for hydroxylation is 2. The fourth-order valence-corrected chi connectivity index (χ4v) is 8.28. The molecule has 4 heterocycles. The smallest absolute Gasteiger partial charge is 0.333 e. The zero-order chi connectivity index (χ0) is 36.5. The van der Waals surface area contributed by atoms with Crippen LogP contribution in [0.3, 0.4) is 0 Å². The number of H-pyrrole nitrogens is 2. The minimum atomic E-state index is -2.35. The number of aromatic nitrogens is 4. The van der Waals surface area contributed by atoms with E-state index in [4.69, 9.17) is 34.0 Å². The van der Waals surface area contributed by atoms with Crippen LogP contribution in [0.15, 0.2) is 31.6 Å². The van der Waals surface area contributed by atoms with Crippen molar-refractivity contribution in [2.45, 2.75) is 135 Å². The van der Waals surface area contributed by atoms with Gasteiger partial charge in [0, 0.05) is 36.4 Å². The number of aromatic amines is 2. The van der Waals surface area contributed by atoms with Crippen molar-refractivity contribution in [2.24, 2.45) is 0 Å². The molecular weight excluding hydrogens is 673 g/mol. The second-order valence-electron chi connectivity index (χ2n) is 14.7. The molecule has 7 atom stereocenters. The molecule has 0 amide bonds. The van der Waals surface area contributed by atoms with Gasteiger partial charge in [-0.25, -0.2) is 16.2 Å². The Morgan fingerprint density at radius 3 is 1.98 bits per heavy atom. The first-order valence-electron chi connectivity index (χ1n) is 16.5. The molecular formula is C32H50N5O10PSi. The predicted octanol–water partition coefficient (Wildman–Crippen LogP) is 4.42. The third kappa shape index (κ3) is 8.95. The largest absolute Gasteiger partial charge is 0.411 e. The van der Waals surface area contributed by atoms with Crippen LogP contribution < -0.4 is 22.5 Å². The summed E-state index contributed by atoms with van der Waals surface area (Å²) in [5.74, 6) is 0. The van der Waals surface area contributed by atoms with Crippen LogP contribution in [-0.2, 0) is 27.5 Å². The fraction of sp³-hybridized carbons (Fsp3) is 0.719. The number of ether oxygens (including phenoxy) is 2. The van der Waals surface area contributed by atoms with E-state index in [1.165, 1.54) is 21.5 Å². The number of hydrogen-bond donors (Lipinski definition) is 2. The van der Waals surface area contributed by atoms with Gasteiger partial charge in [-0.1, -0.05) is 27.7 Å². The van der Waals surface area contributed by atoms with Crippen molar-refractivity contribution in [2.75, 3.05) is 13.2 Å². The van der Waals surface area contributed by atoms with Gasteiger partial charge in [0.05, 0.1) is 18.3 Å². The molecule has 2 aromatic heterocycles. The Morgan fingerprint density at radius 1 is 0.939 bits per heavy atom. The van der Waals surface area contributed by atoms with Crippen LogP contribution in [0.5, 0.6) is 0 Å². The van der Waals surface area contributed by atoms with Crippen LogP contribution in [0, 0.1) is 20.4 Å². The van der Waals surface area contributed by atoms with E-state index in [0.29, 0.717) is 24.0 Å². The molecule has 0 spiro atoms. The highest BCUT2D eigenvalue weighted by molar-refractivity contribution is 7.41. The Morgan fingerprint density at radius 2 is 1.47 bits per heavy atom. The molecule has 15 nitrogen and oxygen atoms in total. The molecule has 2 N–H and O–H groups in total. The highest BCUT2D eigenvalue weighted by Crippen LogP contribution is 2.52. The van der Waals surface area contributed by atoms with E-state index in [1.54, 1.807) is 13.8 Å². The summed E-state index contributed by atoms with van der Waals surface area (Å²) >= 11 is 0. The molecule has 4 rings (SSSR count). The molecule has 0 aliphatic carbocycles. The van der Waals surface area contributed by atoms with E-state index in [0.717, 1.165) is 0 Å². The minimum Gasteiger partial charge on any atom is -0.411 e. The summed E-state index contributed by atoms with van der Waals surface area (Å²) in [5.41, 5.74) is -2.44. The quantitative estimate of drug-likeness (QED) is 0.131. The Kier molecular flexibility index (Phi) is 12.1. The van der Waals surface area contributed by atoms with Gasteiger partial charge in [0.1, 0.15) is 30.8 Å². The molecule has 2 aliphatic rings. The van der Waals surface area contributed by atoms with Crippen molar-refractivity contribution >= 4 is 16.9 Å². The second kappa shape index (κ2) is 15.2. The summed E-state index contributed by atoms with van der Waals surface area (Å²) in [4.78, 5) is 57.7. The summed E-state index contributed by atoms with van der Waals surface area (Å²) in [6.45, 7) is 26.9. The number of hydrogen-bond acceptors (Lipinski definition) is 10. The Labute approximate surface area is 288 Å². The Balaban J connectivity index is 1.63. The molecule has 0 radical (unpaired) electrons. The van der Waals surface area contributed by atoms with Gasteiger partial charge in [0.15, 0.2) is 8.32 Å². The van der Waals surface area contributed by atoms with E-state index in [-0.39, 0.29) is 24.6 Å². The van der Waals surface area contributed by atoms with E-state index in [1.807, 2.05) is 20.8 Å². The molecule has 3 unspecified atom stereocenters. The first-order chi connectivity index (χ1) is 22.8. The van der Waals surface area contributed by atoms with E-state index in [2.05, 4.69) is 48.7 Å². The maximum absolute atomic E-state index is 12.9. The standard InChI is InChI=1S/C32H50N5O10PSi/c1-12-21-22(15-24(43-21)36-17-19(2)27(38)34-29(36)40)45-48(42-14-13-33-9)47-32(7,8)26-23(46-49(10,11)31(4,5)6)16-25(44-26)37-18-20(3)28(39)35-30(37)41/h17-18,21-26H,12-16H2,1-8,10-11H3,(H,34,38,40)(H,35,39,41)/t21-,22?,23?,24-,25-,26+,48?/m1/s1. The first kappa shape index (κ1) is 39.0. The monoisotopic (exact) mass is 723 g/mol. The van der Waals surface area contributed by atoms with Gasteiger partial charge < -0.3 is 32.3 Å². The van der Waals surface area contributed by atoms with Crippen LogP contribution in [0.2, 0.25) is 18.1 Å². The number of nitrogens with one attached hydrogen (secondary N) is 2. The zero-order valence-electron chi connectivity index (χ0n) is 30.0. The van der Waals surface area contributed by atoms with Crippen LogP contribution in [0.1, 0.15) is 84.4 Å². The molecule has 0 aromatic carbocycles. The third-order valence-corrected chi connectivity index (χ3v) is 15.4. The lowest BCUT2D eigenvalue weighted by molar-refractivity contribution is -0.117. The maximum Gasteiger partial charge on any atom is 0.333 e. The summed E-state index contributed by atoms with van der Waals surface area (Å²) in [6.07, 6.45) is 0.579. The molecule has 0 bridgehead atoms. The molecule has 2 aromatic rings. The highest BCUT2D eigenvalue weighted by atomic mass is 31.2. The summed E-state index contributed by atoms with van der Waals surface area (Å²) in [5, 5.41) is -0.120. The van der Waals surface area contributed by atoms with Gasteiger partial charge in [0.2, 0.25) is 6.54 Å². The first-order valence-corrected chi connectivity index (χ1v) is 20.5. The van der Waals surface area contributed by atoms with Crippen molar-refractivity contribution in [1.82, 2.24) is 19.1 Å². The molecule has 0 saturated carbocycles. The van der Waals surface area contributed by atoms with Gasteiger partial charge in [-0.05, 0) is 52.2 Å². The van der Waals surface area contributed by atoms with Crippen LogP contribution in [0.4, 0.5) is 0 Å². The van der Waals surface area contributed by atoms with E-state index < -0.39 is 81.9 Å². The van der Waals surface area contributed by atoms with Crippen molar-refractivity contribution in [3.63, 3.8) is 0 Å². The fourth-order valence-electron chi connectivity index (χ4n) is 5.63. The minimum absolute atomic E-state index is 0.0573. The topological polar surface area (TPSA) is 169 Å². The normalized spacial score (nSPS) is 25.4. The molecule has 2 aliphatic heterocycles. The summed E-state index contributed by atoms with van der Waals surface area (Å²) in [6, 6.07) is 0. The maximum atomic E-state index is 12.9. The second-order valence-corrected chi connectivity index (χ2v) is 20.5. The third-order valence-electron chi connectivity index (χ3n) is 9.44. The van der Waals surface area contributed by atoms with Crippen molar-refractivity contribution in [3.05, 3.63) is 76.6 Å². The van der Waals surface area contributed by atoms with Gasteiger partial charge in [-0.15, -0.1) is 0 Å². The van der Waals surface area contributed by atoms with Crippen molar-refractivity contribution < 1.29 is 27.5 Å². The SMILES string of the molecule is [C-]#[N+]CCOP(OC1C[C@H](n2cc(C)c(=O)[nH]c2=O)O[C@@H]1CC)OC(C)(C)[C@H]1O[C@@H](n2cc(C)c(=O)[nH]c2=O)CC1O[Si](C)(C)C(C)(C)C. The van der Waals surface area contributed by atoms with Crippen LogP contribution in [-0.4, -0.2) is 70.6 Å². The van der Waals surface area contributed by atoms with Crippen LogP contribution in [0.25, 0.3) is 4.85 Å². The summed E-state index contributed by atoms with van der Waals surface area (Å²) < 4.78 is 41.5.